The Labute approximate surface area is 186 Å². The molecule has 1 aromatic heterocycles. The maximum atomic E-state index is 13.4. The molecular formula is C21H27N5O3S2. The minimum absolute atomic E-state index is 0.00326. The number of carbonyl (C=O) groups is 1. The van der Waals surface area contributed by atoms with E-state index in [4.69, 9.17) is 11.1 Å². The van der Waals surface area contributed by atoms with Crippen LogP contribution in [0.3, 0.4) is 0 Å². The second-order valence-electron chi connectivity index (χ2n) is 8.18. The number of anilines is 1. The monoisotopic (exact) mass is 461 g/mol. The number of thiophene rings is 1. The van der Waals surface area contributed by atoms with E-state index in [1.165, 1.54) is 15.6 Å². The number of sulfonamides is 1. The smallest absolute Gasteiger partial charge is 0.324 e. The third-order valence-corrected chi connectivity index (χ3v) is 9.17. The van der Waals surface area contributed by atoms with Crippen LogP contribution in [0.2, 0.25) is 0 Å². The van der Waals surface area contributed by atoms with E-state index >= 15 is 0 Å². The van der Waals surface area contributed by atoms with Gasteiger partial charge in [-0.05, 0) is 42.3 Å². The summed E-state index contributed by atoms with van der Waals surface area (Å²) in [4.78, 5) is 17.0. The molecule has 1 unspecified atom stereocenters. The second-order valence-corrected chi connectivity index (χ2v) is 11.3. The van der Waals surface area contributed by atoms with Gasteiger partial charge in [0.1, 0.15) is 10.0 Å². The third kappa shape index (κ3) is 4.32. The zero-order valence-corrected chi connectivity index (χ0v) is 19.0. The van der Waals surface area contributed by atoms with Gasteiger partial charge in [0.25, 0.3) is 10.0 Å². The van der Waals surface area contributed by atoms with Crippen LogP contribution in [-0.2, 0) is 10.0 Å². The van der Waals surface area contributed by atoms with Crippen LogP contribution in [-0.4, -0.2) is 61.7 Å². The topological polar surface area (TPSA) is 111 Å². The van der Waals surface area contributed by atoms with Crippen molar-refractivity contribution in [1.82, 2.24) is 9.21 Å². The molecule has 31 heavy (non-hydrogen) atoms. The lowest BCUT2D eigenvalue weighted by Crippen LogP contribution is -2.58. The van der Waals surface area contributed by atoms with E-state index in [-0.39, 0.29) is 23.8 Å². The molecule has 0 aliphatic carbocycles. The number of nitrogens with zero attached hydrogens (tertiary/aromatic N) is 3. The fourth-order valence-electron chi connectivity index (χ4n) is 4.31. The molecule has 2 saturated heterocycles. The number of nitrogens with one attached hydrogen (secondary N) is 1. The first-order valence-corrected chi connectivity index (χ1v) is 12.7. The lowest BCUT2D eigenvalue weighted by atomic mass is 10.00. The zero-order chi connectivity index (χ0) is 22.2. The van der Waals surface area contributed by atoms with Crippen LogP contribution >= 0.6 is 11.3 Å². The number of amidine groups is 1. The number of urea groups is 1. The summed E-state index contributed by atoms with van der Waals surface area (Å²) in [7, 11) is -3.46. The SMILES string of the molecule is CC1CN(c2cccc(C(=N)N)c2)C(=O)N(C2CCN(S(=O)(=O)c3cccs3)CC2)C1. The molecule has 2 aliphatic rings. The molecule has 4 rings (SSSR count). The fourth-order valence-corrected chi connectivity index (χ4v) is 6.92. The first-order valence-electron chi connectivity index (χ1n) is 10.3. The average molecular weight is 462 g/mol. The summed E-state index contributed by atoms with van der Waals surface area (Å²) < 4.78 is 27.5. The second kappa shape index (κ2) is 8.60. The maximum absolute atomic E-state index is 13.4. The first kappa shape index (κ1) is 21.8. The summed E-state index contributed by atoms with van der Waals surface area (Å²) in [6, 6.07) is 10.5. The minimum atomic E-state index is -3.46. The van der Waals surface area contributed by atoms with Crippen molar-refractivity contribution in [2.45, 2.75) is 30.0 Å². The van der Waals surface area contributed by atoms with Gasteiger partial charge in [-0.25, -0.2) is 13.2 Å². The van der Waals surface area contributed by atoms with Gasteiger partial charge in [-0.15, -0.1) is 11.3 Å². The Balaban J connectivity index is 1.48. The molecule has 10 heteroatoms. The number of hydrogen-bond donors (Lipinski definition) is 2. The van der Waals surface area contributed by atoms with Crippen molar-refractivity contribution in [3.05, 3.63) is 47.3 Å². The Kier molecular flexibility index (Phi) is 6.05. The molecular weight excluding hydrogens is 434 g/mol. The van der Waals surface area contributed by atoms with Gasteiger partial charge in [-0.1, -0.05) is 25.1 Å². The highest BCUT2D eigenvalue weighted by molar-refractivity contribution is 7.91. The molecule has 2 aromatic rings. The maximum Gasteiger partial charge on any atom is 0.324 e. The van der Waals surface area contributed by atoms with Gasteiger partial charge < -0.3 is 10.6 Å². The van der Waals surface area contributed by atoms with Crippen molar-refractivity contribution in [3.8, 4) is 0 Å². The lowest BCUT2D eigenvalue weighted by molar-refractivity contribution is 0.127. The summed E-state index contributed by atoms with van der Waals surface area (Å²) in [5.74, 6) is 0.238. The molecule has 0 saturated carbocycles. The van der Waals surface area contributed by atoms with Crippen LogP contribution in [0.4, 0.5) is 10.5 Å². The van der Waals surface area contributed by atoms with Gasteiger partial charge in [-0.3, -0.25) is 10.3 Å². The molecule has 0 bridgehead atoms. The van der Waals surface area contributed by atoms with Crippen molar-refractivity contribution < 1.29 is 13.2 Å². The Morgan fingerprint density at radius 2 is 1.90 bits per heavy atom. The highest BCUT2D eigenvalue weighted by atomic mass is 32.2. The van der Waals surface area contributed by atoms with Gasteiger partial charge >= 0.3 is 6.03 Å². The minimum Gasteiger partial charge on any atom is -0.384 e. The predicted octanol–water partition coefficient (Wildman–Crippen LogP) is 2.76. The highest BCUT2D eigenvalue weighted by Crippen LogP contribution is 2.30. The quantitative estimate of drug-likeness (QED) is 0.527. The lowest BCUT2D eigenvalue weighted by Gasteiger charge is -2.45. The van der Waals surface area contributed by atoms with Crippen LogP contribution in [0.25, 0.3) is 0 Å². The standard InChI is InChI=1S/C21H27N5O3S2/c1-15-13-25(21(27)26(14-15)18-5-2-4-16(12-18)20(22)23)17-7-9-24(10-8-17)31(28,29)19-6-3-11-30-19/h2-6,11-12,15,17H,7-10,13-14H2,1H3,(H3,22,23). The van der Waals surface area contributed by atoms with Gasteiger partial charge in [0.15, 0.2) is 0 Å². The van der Waals surface area contributed by atoms with E-state index in [1.54, 1.807) is 40.6 Å². The molecule has 2 fully saturated rings. The normalized spacial score (nSPS) is 21.5. The van der Waals surface area contributed by atoms with E-state index in [0.717, 1.165) is 5.69 Å². The van der Waals surface area contributed by atoms with Crippen molar-refractivity contribution in [2.75, 3.05) is 31.1 Å². The number of nitrogens with two attached hydrogens (primary N) is 1. The van der Waals surface area contributed by atoms with Crippen molar-refractivity contribution in [1.29, 1.82) is 5.41 Å². The van der Waals surface area contributed by atoms with E-state index in [2.05, 4.69) is 6.92 Å². The third-order valence-electron chi connectivity index (χ3n) is 5.90. The molecule has 166 valence electrons. The molecule has 3 N–H and O–H groups in total. The van der Waals surface area contributed by atoms with E-state index in [0.29, 0.717) is 48.8 Å². The summed E-state index contributed by atoms with van der Waals surface area (Å²) >= 11 is 1.23. The molecule has 3 heterocycles. The molecule has 1 aromatic carbocycles. The molecule has 0 radical (unpaired) electrons. The van der Waals surface area contributed by atoms with Gasteiger partial charge in [-0.2, -0.15) is 4.31 Å². The molecule has 2 amide bonds. The fraction of sp³-hybridized carbons (Fsp3) is 0.429. The average Bonchev–Trinajstić information content (AvgIpc) is 3.31. The Hall–Kier alpha value is -2.43. The Morgan fingerprint density at radius 3 is 2.55 bits per heavy atom. The summed E-state index contributed by atoms with van der Waals surface area (Å²) in [6.45, 7) is 4.18. The molecule has 8 nitrogen and oxygen atoms in total. The number of hydrogen-bond acceptors (Lipinski definition) is 5. The van der Waals surface area contributed by atoms with Gasteiger partial charge in [0.2, 0.25) is 0 Å². The van der Waals surface area contributed by atoms with E-state index in [1.807, 2.05) is 11.0 Å². The van der Waals surface area contributed by atoms with Crippen LogP contribution in [0.15, 0.2) is 46.0 Å². The molecule has 1 atom stereocenters. The largest absolute Gasteiger partial charge is 0.384 e. The van der Waals surface area contributed by atoms with E-state index < -0.39 is 10.0 Å². The van der Waals surface area contributed by atoms with Gasteiger partial charge in [0, 0.05) is 43.5 Å². The van der Waals surface area contributed by atoms with Crippen molar-refractivity contribution in [3.63, 3.8) is 0 Å². The van der Waals surface area contributed by atoms with Crippen LogP contribution in [0.5, 0.6) is 0 Å². The molecule has 0 spiro atoms. The number of rotatable bonds is 5. The summed E-state index contributed by atoms with van der Waals surface area (Å²) in [6.07, 6.45) is 1.23. The van der Waals surface area contributed by atoms with Crippen molar-refractivity contribution in [2.24, 2.45) is 11.7 Å². The first-order chi connectivity index (χ1) is 14.8. The number of carbonyl (C=O) groups excluding carboxylic acids is 1. The number of piperidine rings is 1. The van der Waals surface area contributed by atoms with E-state index in [9.17, 15) is 13.2 Å². The highest BCUT2D eigenvalue weighted by Gasteiger charge is 2.38. The zero-order valence-electron chi connectivity index (χ0n) is 17.4. The van der Waals surface area contributed by atoms with Crippen molar-refractivity contribution >= 4 is 38.9 Å². The number of benzene rings is 1. The van der Waals surface area contributed by atoms with Crippen LogP contribution < -0.4 is 10.6 Å². The summed E-state index contributed by atoms with van der Waals surface area (Å²) in [5.41, 5.74) is 6.93. The molecule has 2 aliphatic heterocycles. The Morgan fingerprint density at radius 1 is 1.16 bits per heavy atom. The van der Waals surface area contributed by atoms with Crippen LogP contribution in [0.1, 0.15) is 25.3 Å². The summed E-state index contributed by atoms with van der Waals surface area (Å²) in [5, 5.41) is 9.43. The Bertz CT molecular complexity index is 1060. The number of nitrogen functional groups attached to an aromatic ring is 1. The van der Waals surface area contributed by atoms with Crippen LogP contribution in [0, 0.1) is 11.3 Å². The van der Waals surface area contributed by atoms with Gasteiger partial charge in [0.05, 0.1) is 0 Å². The predicted molar refractivity (Wildman–Crippen MR) is 122 cm³/mol. The number of amides is 2.